The number of esters is 1. The minimum atomic E-state index is -2.21. The Balaban J connectivity index is 4.35. The van der Waals surface area contributed by atoms with E-state index in [1.165, 1.54) is 6.92 Å². The number of nitrogens with one attached hydrogen (secondary N) is 11. The van der Waals surface area contributed by atoms with Crippen molar-refractivity contribution in [3.8, 4) is 0 Å². The van der Waals surface area contributed by atoms with Crippen LogP contribution in [0.5, 0.6) is 0 Å². The lowest BCUT2D eigenvalue weighted by Gasteiger charge is -2.31. The predicted octanol–water partition coefficient (Wildman–Crippen LogP) is -0.140. The minimum Gasteiger partial charge on any atom is -0.481 e. The molecule has 98 heavy (non-hydrogen) atoms. The summed E-state index contributed by atoms with van der Waals surface area (Å²) in [6.45, 7) is 22.1. The molecule has 558 valence electrons. The lowest BCUT2D eigenvalue weighted by atomic mass is 9.96. The van der Waals surface area contributed by atoms with Gasteiger partial charge in [0.1, 0.15) is 72.6 Å². The van der Waals surface area contributed by atoms with Crippen LogP contribution in [0.1, 0.15) is 206 Å². The first-order chi connectivity index (χ1) is 45.7. The zero-order valence-corrected chi connectivity index (χ0v) is 59.6. The van der Waals surface area contributed by atoms with Crippen molar-refractivity contribution in [2.24, 2.45) is 41.2 Å². The van der Waals surface area contributed by atoms with E-state index in [4.69, 9.17) is 10.5 Å². The van der Waals surface area contributed by atoms with E-state index in [9.17, 15) is 92.3 Å². The molecule has 1 aliphatic heterocycles. The highest BCUT2D eigenvalue weighted by Gasteiger charge is 2.41. The monoisotopic (exact) mass is 1390 g/mol. The average molecular weight is 1400 g/mol. The van der Waals surface area contributed by atoms with Crippen molar-refractivity contribution < 1.29 is 97.1 Å². The van der Waals surface area contributed by atoms with E-state index in [-0.39, 0.29) is 68.6 Å². The van der Waals surface area contributed by atoms with E-state index >= 15 is 0 Å². The third-order valence-corrected chi connectivity index (χ3v) is 16.0. The second kappa shape index (κ2) is 44.8. The first kappa shape index (κ1) is 88.0. The fraction of sp³-hybridized carbons (Fsp3) is 0.773. The third-order valence-electron chi connectivity index (χ3n) is 16.0. The van der Waals surface area contributed by atoms with Crippen LogP contribution in [-0.4, -0.2) is 194 Å². The molecule has 0 aromatic heterocycles. The molecule has 32 nitrogen and oxygen atoms in total. The number of hydrogen-bond donors (Lipinski definition) is 16. The number of hydrogen-bond acceptors (Lipinski definition) is 18. The fourth-order valence-electron chi connectivity index (χ4n) is 10.7. The van der Waals surface area contributed by atoms with Crippen LogP contribution in [0.25, 0.3) is 0 Å². The Kier molecular flexibility index (Phi) is 40.2. The summed E-state index contributed by atoms with van der Waals surface area (Å²) in [7, 11) is 0. The zero-order valence-electron chi connectivity index (χ0n) is 59.6. The summed E-state index contributed by atoms with van der Waals surface area (Å²) in [6.07, 6.45) is -2.39. The fourth-order valence-corrected chi connectivity index (χ4v) is 10.7. The molecule has 0 aromatic carbocycles. The molecule has 17 N–H and O–H groups in total. The Bertz CT molecular complexity index is 2690. The van der Waals surface area contributed by atoms with Crippen LogP contribution in [0.2, 0.25) is 0 Å². The molecule has 1 fully saturated rings. The van der Waals surface area contributed by atoms with Crippen LogP contribution in [0.3, 0.4) is 0 Å². The molecule has 0 spiro atoms. The Labute approximate surface area is 575 Å². The van der Waals surface area contributed by atoms with E-state index in [0.717, 1.165) is 32.6 Å². The maximum atomic E-state index is 15.0. The Morgan fingerprint density at radius 2 is 0.949 bits per heavy atom. The molecular weight excluding hydrogens is 1280 g/mol. The highest BCUT2D eigenvalue weighted by Crippen LogP contribution is 2.18. The van der Waals surface area contributed by atoms with Gasteiger partial charge in [-0.1, -0.05) is 129 Å². The number of aliphatic hydroxyl groups excluding tert-OH is 2. The quantitative estimate of drug-likeness (QED) is 0.0300. The second-order valence-corrected chi connectivity index (χ2v) is 27.7. The molecule has 0 saturated carbocycles. The van der Waals surface area contributed by atoms with Gasteiger partial charge in [0.15, 0.2) is 0 Å². The number of carboxylic acids is 2. The molecule has 0 radical (unpaired) electrons. The van der Waals surface area contributed by atoms with Gasteiger partial charge in [-0.2, -0.15) is 0 Å². The molecule has 0 aromatic rings. The number of unbranched alkanes of at least 4 members (excludes halogenated alkanes) is 4. The molecular formula is C66H114N12O20. The molecule has 1 heterocycles. The predicted molar refractivity (Wildman–Crippen MR) is 358 cm³/mol. The van der Waals surface area contributed by atoms with Crippen molar-refractivity contribution in [1.82, 2.24) is 58.5 Å². The van der Waals surface area contributed by atoms with Gasteiger partial charge in [0.25, 0.3) is 0 Å². The number of primary amides is 1. The summed E-state index contributed by atoms with van der Waals surface area (Å²) in [5, 5.41) is 68.6. The van der Waals surface area contributed by atoms with Crippen LogP contribution in [0, 0.1) is 35.5 Å². The molecule has 12 amide bonds. The Morgan fingerprint density at radius 1 is 0.510 bits per heavy atom. The van der Waals surface area contributed by atoms with Crippen LogP contribution in [0.4, 0.5) is 0 Å². The molecule has 14 atom stereocenters. The first-order valence-corrected chi connectivity index (χ1v) is 34.3. The number of rotatable bonds is 33. The van der Waals surface area contributed by atoms with Crippen molar-refractivity contribution in [3.05, 3.63) is 0 Å². The van der Waals surface area contributed by atoms with E-state index in [0.29, 0.717) is 12.8 Å². The molecule has 0 aliphatic carbocycles. The van der Waals surface area contributed by atoms with Crippen LogP contribution >= 0.6 is 0 Å². The summed E-state index contributed by atoms with van der Waals surface area (Å²) >= 11 is 0. The van der Waals surface area contributed by atoms with Gasteiger partial charge in [0.05, 0.1) is 32.0 Å². The van der Waals surface area contributed by atoms with Crippen LogP contribution in [0.15, 0.2) is 0 Å². The smallest absolute Gasteiger partial charge is 0.329 e. The largest absolute Gasteiger partial charge is 0.481 e. The summed E-state index contributed by atoms with van der Waals surface area (Å²) < 4.78 is 5.69. The number of ether oxygens (including phenoxy) is 1. The lowest BCUT2D eigenvalue weighted by Crippen LogP contribution is -2.63. The van der Waals surface area contributed by atoms with Gasteiger partial charge < -0.3 is 89.4 Å². The summed E-state index contributed by atoms with van der Waals surface area (Å²) in [5.74, 6) is -20.2. The van der Waals surface area contributed by atoms with Gasteiger partial charge >= 0.3 is 17.9 Å². The van der Waals surface area contributed by atoms with Gasteiger partial charge in [0.2, 0.25) is 70.9 Å². The summed E-state index contributed by atoms with van der Waals surface area (Å²) in [5.41, 5.74) is 5.47. The number of aliphatic carboxylic acids is 2. The number of aliphatic hydroxyl groups is 2. The van der Waals surface area contributed by atoms with Gasteiger partial charge in [-0.05, 0) is 87.4 Å². The number of nitrogens with two attached hydrogens (primary N) is 1. The number of amides is 12. The molecule has 1 saturated heterocycles. The standard InChI is InChI=1S/C66H114N12O20/c1-15-17-18-19-20-21-40(80)29-51(82)68-42(24-33(3)4)57(88)73-47(30-52(83)84)62(93)78-55-39(14)98-66(97)48(31-53(85)86)75-64(95)54(38(13)16-2)77-61(92)46(28-37(11)12)70-56(87)41(22-23-50(67)81)69-58(89)43(25-34(5)6)72-63(94)49(32-79)76-60(91)44(26-35(7)8)71-59(90)45(27-36(9)10)74-65(55)96/h33-49,54-55,79-80H,15-32H2,1-14H3,(H2,67,81)(H,68,82)(H,69,89)(H,70,87)(H,71,90)(H,72,94)(H,73,88)(H,74,96)(H,75,95)(H,76,91)(H,77,92)(H,78,93)(H,83,84)(H,85,86)/t38-,39+,40+,41+,42+,43?,44+,45?,46?,47+,48?,49?,54-,55?/m0/s1. The molecule has 0 bridgehead atoms. The van der Waals surface area contributed by atoms with Crippen LogP contribution in [-0.2, 0) is 76.7 Å². The van der Waals surface area contributed by atoms with E-state index in [2.05, 4.69) is 65.4 Å². The third kappa shape index (κ3) is 34.0. The summed E-state index contributed by atoms with van der Waals surface area (Å²) in [6, 6.07) is -19.0. The topological polar surface area (TPSA) is 505 Å². The van der Waals surface area contributed by atoms with Gasteiger partial charge in [-0.3, -0.25) is 67.1 Å². The van der Waals surface area contributed by atoms with Crippen molar-refractivity contribution in [1.29, 1.82) is 0 Å². The Morgan fingerprint density at radius 3 is 1.39 bits per heavy atom. The van der Waals surface area contributed by atoms with E-state index < -0.39 is 212 Å². The van der Waals surface area contributed by atoms with Gasteiger partial charge in [0, 0.05) is 6.42 Å². The number of carbonyl (C=O) groups excluding carboxylic acids is 13. The molecule has 32 heteroatoms. The van der Waals surface area contributed by atoms with Crippen molar-refractivity contribution in [2.75, 3.05) is 6.61 Å². The maximum Gasteiger partial charge on any atom is 0.329 e. The number of cyclic esters (lactones) is 1. The first-order valence-electron chi connectivity index (χ1n) is 34.3. The highest BCUT2D eigenvalue weighted by atomic mass is 16.5. The normalized spacial score (nSPS) is 23.8. The van der Waals surface area contributed by atoms with Crippen molar-refractivity contribution >= 4 is 88.8 Å². The van der Waals surface area contributed by atoms with Crippen molar-refractivity contribution in [2.45, 2.75) is 285 Å². The SMILES string of the molecule is CCCCCCC[C@@H](O)CC(=O)N[C@H](CC(C)C)C(=O)N[C@H](CC(=O)O)C(=O)NC1C(=O)NC(CC(C)C)C(=O)N[C@H](CC(C)C)C(=O)NC(CO)C(=O)NC(CC(C)C)C(=O)N[C@H](CCC(N)=O)C(=O)NC(CC(C)C)C(=O)N[C@@H]([C@@H](C)CC)C(=O)NC(CC(=O)O)C(=O)O[C@@H]1C. The van der Waals surface area contributed by atoms with Crippen LogP contribution < -0.4 is 64.2 Å². The average Bonchev–Trinajstić information content (AvgIpc) is 0.856. The zero-order chi connectivity index (χ0) is 74.8. The molecule has 1 rings (SSSR count). The van der Waals surface area contributed by atoms with Gasteiger partial charge in [-0.25, -0.2) is 4.79 Å². The van der Waals surface area contributed by atoms with Crippen molar-refractivity contribution in [3.63, 3.8) is 0 Å². The highest BCUT2D eigenvalue weighted by molar-refractivity contribution is 6.00. The maximum absolute atomic E-state index is 15.0. The van der Waals surface area contributed by atoms with E-state index in [1.54, 1.807) is 76.2 Å². The minimum absolute atomic E-state index is 0.0457. The number of carbonyl (C=O) groups is 15. The van der Waals surface area contributed by atoms with E-state index in [1.807, 2.05) is 0 Å². The Hall–Kier alpha value is -8.03. The second-order valence-electron chi connectivity index (χ2n) is 27.7. The lowest BCUT2D eigenvalue weighted by molar-refractivity contribution is -0.158. The molecule has 6 unspecified atom stereocenters. The summed E-state index contributed by atoms with van der Waals surface area (Å²) in [4.78, 5) is 209. The molecule has 1 aliphatic rings. The van der Waals surface area contributed by atoms with Gasteiger partial charge in [-0.15, -0.1) is 0 Å². The number of carboxylic acid groups (broad SMARTS) is 2.